The lowest BCUT2D eigenvalue weighted by molar-refractivity contribution is -0.00673. The van der Waals surface area contributed by atoms with Gasteiger partial charge in [-0.15, -0.1) is 0 Å². The van der Waals surface area contributed by atoms with Gasteiger partial charge in [-0.25, -0.2) is 0 Å². The summed E-state index contributed by atoms with van der Waals surface area (Å²) in [7, 11) is 0. The Kier molecular flexibility index (Phi) is 3.80. The molecule has 0 saturated heterocycles. The Morgan fingerprint density at radius 1 is 1.31 bits per heavy atom. The zero-order chi connectivity index (χ0) is 11.4. The molecule has 1 aliphatic rings. The van der Waals surface area contributed by atoms with Crippen LogP contribution in [0.1, 0.15) is 37.4 Å². The standard InChI is InChI=1S/C13H19NO2/c14-12-8-4-3-7-11(12)13(15)9-16-10-5-1-2-6-10/h3-4,7-8,10,13,15H,1-2,5-6,9,14H2. The van der Waals surface area contributed by atoms with Crippen LogP contribution in [0.4, 0.5) is 5.69 Å². The van der Waals surface area contributed by atoms with Crippen LogP contribution in [0.5, 0.6) is 0 Å². The average molecular weight is 221 g/mol. The number of nitrogens with two attached hydrogens (primary N) is 1. The Hall–Kier alpha value is -1.06. The highest BCUT2D eigenvalue weighted by Crippen LogP contribution is 2.24. The van der Waals surface area contributed by atoms with E-state index in [-0.39, 0.29) is 0 Å². The Balaban J connectivity index is 1.87. The van der Waals surface area contributed by atoms with Gasteiger partial charge in [0.15, 0.2) is 0 Å². The van der Waals surface area contributed by atoms with E-state index in [0.717, 1.165) is 18.4 Å². The van der Waals surface area contributed by atoms with Crippen molar-refractivity contribution in [1.82, 2.24) is 0 Å². The number of hydrogen-bond acceptors (Lipinski definition) is 3. The minimum Gasteiger partial charge on any atom is -0.398 e. The Bertz CT molecular complexity index is 334. The normalized spacial score (nSPS) is 18.8. The molecule has 0 aromatic heterocycles. The molecule has 3 heteroatoms. The van der Waals surface area contributed by atoms with Crippen LogP contribution >= 0.6 is 0 Å². The first-order valence-corrected chi connectivity index (χ1v) is 5.91. The topological polar surface area (TPSA) is 55.5 Å². The lowest BCUT2D eigenvalue weighted by Gasteiger charge is -2.16. The van der Waals surface area contributed by atoms with Gasteiger partial charge in [0.25, 0.3) is 0 Å². The number of hydrogen-bond donors (Lipinski definition) is 2. The van der Waals surface area contributed by atoms with Gasteiger partial charge in [0.1, 0.15) is 6.10 Å². The van der Waals surface area contributed by atoms with Crippen molar-refractivity contribution in [2.24, 2.45) is 0 Å². The lowest BCUT2D eigenvalue weighted by Crippen LogP contribution is -2.15. The third-order valence-corrected chi connectivity index (χ3v) is 3.15. The summed E-state index contributed by atoms with van der Waals surface area (Å²) in [5, 5.41) is 9.96. The molecule has 1 fully saturated rings. The Labute approximate surface area is 96.2 Å². The molecular weight excluding hydrogens is 202 g/mol. The first-order valence-electron chi connectivity index (χ1n) is 5.91. The molecule has 88 valence electrons. The third-order valence-electron chi connectivity index (χ3n) is 3.15. The molecule has 16 heavy (non-hydrogen) atoms. The summed E-state index contributed by atoms with van der Waals surface area (Å²) in [5.74, 6) is 0. The van der Waals surface area contributed by atoms with Crippen LogP contribution in [-0.4, -0.2) is 17.8 Å². The molecule has 3 nitrogen and oxygen atoms in total. The molecule has 0 spiro atoms. The number of anilines is 1. The van der Waals surface area contributed by atoms with Gasteiger partial charge in [0.2, 0.25) is 0 Å². The smallest absolute Gasteiger partial charge is 0.104 e. The van der Waals surface area contributed by atoms with Gasteiger partial charge in [-0.2, -0.15) is 0 Å². The number of nitrogen functional groups attached to an aromatic ring is 1. The molecule has 1 unspecified atom stereocenters. The Morgan fingerprint density at radius 3 is 2.69 bits per heavy atom. The zero-order valence-corrected chi connectivity index (χ0v) is 9.43. The van der Waals surface area contributed by atoms with E-state index in [9.17, 15) is 5.11 Å². The number of benzene rings is 1. The van der Waals surface area contributed by atoms with Crippen molar-refractivity contribution >= 4 is 5.69 Å². The summed E-state index contributed by atoms with van der Waals surface area (Å²) >= 11 is 0. The van der Waals surface area contributed by atoms with Crippen LogP contribution in [0, 0.1) is 0 Å². The van der Waals surface area contributed by atoms with E-state index >= 15 is 0 Å². The third kappa shape index (κ3) is 2.74. The van der Waals surface area contributed by atoms with Gasteiger partial charge in [0, 0.05) is 11.3 Å². The number of aliphatic hydroxyl groups is 1. The highest BCUT2D eigenvalue weighted by atomic mass is 16.5. The first kappa shape index (κ1) is 11.4. The van der Waals surface area contributed by atoms with Crippen LogP contribution < -0.4 is 5.73 Å². The predicted octanol–water partition coefficient (Wildman–Crippen LogP) is 2.26. The minimum absolute atomic E-state index is 0.333. The van der Waals surface area contributed by atoms with Gasteiger partial charge in [-0.05, 0) is 18.9 Å². The molecule has 1 atom stereocenters. The van der Waals surface area contributed by atoms with Crippen LogP contribution in [0.2, 0.25) is 0 Å². The number of ether oxygens (including phenoxy) is 1. The summed E-state index contributed by atoms with van der Waals surface area (Å²) in [6.07, 6.45) is 4.46. The van der Waals surface area contributed by atoms with Crippen LogP contribution in [-0.2, 0) is 4.74 Å². The van der Waals surface area contributed by atoms with Gasteiger partial charge in [-0.3, -0.25) is 0 Å². The first-order chi connectivity index (χ1) is 7.77. The fourth-order valence-electron chi connectivity index (χ4n) is 2.19. The molecule has 1 aliphatic carbocycles. The molecule has 0 bridgehead atoms. The SMILES string of the molecule is Nc1ccccc1C(O)COC1CCCC1. The van der Waals surface area contributed by atoms with E-state index in [0.29, 0.717) is 18.4 Å². The Morgan fingerprint density at radius 2 is 2.00 bits per heavy atom. The minimum atomic E-state index is -0.609. The molecule has 1 aromatic rings. The molecule has 0 heterocycles. The monoisotopic (exact) mass is 221 g/mol. The highest BCUT2D eigenvalue weighted by Gasteiger charge is 2.18. The second-order valence-corrected chi connectivity index (χ2v) is 4.38. The molecule has 0 aliphatic heterocycles. The van der Waals surface area contributed by atoms with E-state index in [4.69, 9.17) is 10.5 Å². The van der Waals surface area contributed by atoms with Crippen LogP contribution in [0.25, 0.3) is 0 Å². The second kappa shape index (κ2) is 5.32. The van der Waals surface area contributed by atoms with E-state index in [1.54, 1.807) is 6.07 Å². The summed E-state index contributed by atoms with van der Waals surface area (Å²) in [4.78, 5) is 0. The lowest BCUT2D eigenvalue weighted by atomic mass is 10.1. The van der Waals surface area contributed by atoms with Crippen molar-refractivity contribution < 1.29 is 9.84 Å². The maximum Gasteiger partial charge on any atom is 0.104 e. The fraction of sp³-hybridized carbons (Fsp3) is 0.538. The number of para-hydroxylation sites is 1. The van der Waals surface area contributed by atoms with Gasteiger partial charge < -0.3 is 15.6 Å². The van der Waals surface area contributed by atoms with Gasteiger partial charge >= 0.3 is 0 Å². The largest absolute Gasteiger partial charge is 0.398 e. The molecule has 2 rings (SSSR count). The quantitative estimate of drug-likeness (QED) is 0.767. The average Bonchev–Trinajstić information content (AvgIpc) is 2.79. The van der Waals surface area contributed by atoms with Gasteiger partial charge in [0.05, 0.1) is 12.7 Å². The van der Waals surface area contributed by atoms with Crippen molar-refractivity contribution in [3.05, 3.63) is 29.8 Å². The molecule has 1 saturated carbocycles. The highest BCUT2D eigenvalue weighted by molar-refractivity contribution is 5.47. The molecule has 0 radical (unpaired) electrons. The van der Waals surface area contributed by atoms with Crippen molar-refractivity contribution in [3.63, 3.8) is 0 Å². The molecule has 3 N–H and O–H groups in total. The van der Waals surface area contributed by atoms with Crippen molar-refractivity contribution in [1.29, 1.82) is 0 Å². The van der Waals surface area contributed by atoms with Gasteiger partial charge in [-0.1, -0.05) is 31.0 Å². The van der Waals surface area contributed by atoms with Crippen molar-refractivity contribution in [2.75, 3.05) is 12.3 Å². The van der Waals surface area contributed by atoms with Crippen LogP contribution in [0.15, 0.2) is 24.3 Å². The molecule has 0 amide bonds. The molecule has 1 aromatic carbocycles. The van der Waals surface area contributed by atoms with E-state index in [1.165, 1.54) is 12.8 Å². The summed E-state index contributed by atoms with van der Waals surface area (Å²) in [6, 6.07) is 7.39. The van der Waals surface area contributed by atoms with Crippen molar-refractivity contribution in [2.45, 2.75) is 37.9 Å². The maximum atomic E-state index is 9.96. The maximum absolute atomic E-state index is 9.96. The second-order valence-electron chi connectivity index (χ2n) is 4.38. The molecular formula is C13H19NO2. The van der Waals surface area contributed by atoms with Crippen LogP contribution in [0.3, 0.4) is 0 Å². The summed E-state index contributed by atoms with van der Waals surface area (Å²) in [6.45, 7) is 0.346. The fourth-order valence-corrected chi connectivity index (χ4v) is 2.19. The predicted molar refractivity (Wildman–Crippen MR) is 64.0 cm³/mol. The number of rotatable bonds is 4. The number of aliphatic hydroxyl groups excluding tert-OH is 1. The van der Waals surface area contributed by atoms with E-state index in [1.807, 2.05) is 18.2 Å². The summed E-state index contributed by atoms with van der Waals surface area (Å²) < 4.78 is 5.67. The summed E-state index contributed by atoms with van der Waals surface area (Å²) in [5.41, 5.74) is 7.18. The van der Waals surface area contributed by atoms with E-state index in [2.05, 4.69) is 0 Å². The van der Waals surface area contributed by atoms with Crippen molar-refractivity contribution in [3.8, 4) is 0 Å². The van der Waals surface area contributed by atoms with E-state index < -0.39 is 6.10 Å². The zero-order valence-electron chi connectivity index (χ0n) is 9.43.